The number of fused-ring (bicyclic) bond motifs is 1. The van der Waals surface area contributed by atoms with E-state index in [1.165, 1.54) is 5.01 Å². The highest BCUT2D eigenvalue weighted by molar-refractivity contribution is 5.89. The van der Waals surface area contributed by atoms with Gasteiger partial charge in [-0.1, -0.05) is 42.5 Å². The number of ether oxygens (including phenoxy) is 2. The van der Waals surface area contributed by atoms with Crippen molar-refractivity contribution in [1.82, 2.24) is 9.88 Å². The number of nitrogens with two attached hydrogens (primary N) is 1. The van der Waals surface area contributed by atoms with E-state index in [1.807, 2.05) is 93.6 Å². The summed E-state index contributed by atoms with van der Waals surface area (Å²) in [6.45, 7) is 6.77. The van der Waals surface area contributed by atoms with Crippen LogP contribution in [0.3, 0.4) is 0 Å². The lowest BCUT2D eigenvalue weighted by Crippen LogP contribution is -2.45. The average Bonchev–Trinajstić information content (AvgIpc) is 2.90. The second kappa shape index (κ2) is 11.8. The molecule has 0 radical (unpaired) electrons. The number of nitrogens with zero attached hydrogens (tertiary/aromatic N) is 3. The maximum Gasteiger partial charge on any atom is 0.251 e. The van der Waals surface area contributed by atoms with E-state index < -0.39 is 6.04 Å². The first kappa shape index (κ1) is 26.0. The number of rotatable bonds is 10. The van der Waals surface area contributed by atoms with Gasteiger partial charge >= 0.3 is 0 Å². The van der Waals surface area contributed by atoms with Gasteiger partial charge in [-0.25, -0.2) is 5.84 Å². The average molecular weight is 499 g/mol. The van der Waals surface area contributed by atoms with Crippen LogP contribution in [-0.4, -0.2) is 35.5 Å². The highest BCUT2D eigenvalue weighted by atomic mass is 16.5. The van der Waals surface area contributed by atoms with E-state index in [9.17, 15) is 4.79 Å². The Morgan fingerprint density at radius 2 is 1.76 bits per heavy atom. The Morgan fingerprint density at radius 3 is 2.49 bits per heavy atom. The first-order valence-corrected chi connectivity index (χ1v) is 12.5. The van der Waals surface area contributed by atoms with Crippen molar-refractivity contribution in [3.05, 3.63) is 96.3 Å². The minimum Gasteiger partial charge on any atom is -0.490 e. The van der Waals surface area contributed by atoms with Crippen LogP contribution in [0, 0.1) is 0 Å². The molecule has 1 atom stereocenters. The fourth-order valence-corrected chi connectivity index (χ4v) is 4.26. The number of hydrogen-bond donors (Lipinski definition) is 1. The van der Waals surface area contributed by atoms with Crippen LogP contribution in [0.25, 0.3) is 10.8 Å². The standard InChI is InChI=1S/C30H34N4O3/c1-5-36-28-18-24(12-14-27(28)37-21(2)3)29(30(35)33(4)20-22-9-7-6-8-10-22)34(31)26-13-11-25-19-32-16-15-23(25)17-26/h6-19,21,29H,5,20,31H2,1-4H3/t29-/m1/s1. The van der Waals surface area contributed by atoms with Crippen molar-refractivity contribution >= 4 is 22.4 Å². The van der Waals surface area contributed by atoms with Crippen LogP contribution in [0.2, 0.25) is 0 Å². The number of likely N-dealkylation sites (N-methyl/N-ethyl adjacent to an activating group) is 1. The first-order chi connectivity index (χ1) is 17.9. The Morgan fingerprint density at radius 1 is 0.973 bits per heavy atom. The second-order valence-electron chi connectivity index (χ2n) is 9.20. The molecule has 0 aliphatic rings. The summed E-state index contributed by atoms with van der Waals surface area (Å²) in [4.78, 5) is 19.9. The van der Waals surface area contributed by atoms with Crippen molar-refractivity contribution in [2.45, 2.75) is 39.5 Å². The van der Waals surface area contributed by atoms with Gasteiger partial charge in [-0.05, 0) is 67.6 Å². The number of hydrazine groups is 1. The van der Waals surface area contributed by atoms with Crippen LogP contribution in [0.5, 0.6) is 11.5 Å². The van der Waals surface area contributed by atoms with E-state index in [4.69, 9.17) is 15.3 Å². The van der Waals surface area contributed by atoms with Crippen LogP contribution >= 0.6 is 0 Å². The molecule has 192 valence electrons. The maximum atomic E-state index is 14.0. The van der Waals surface area contributed by atoms with Gasteiger partial charge in [0, 0.05) is 31.4 Å². The third-order valence-corrected chi connectivity index (χ3v) is 6.02. The number of amides is 1. The molecule has 0 aliphatic carbocycles. The fourth-order valence-electron chi connectivity index (χ4n) is 4.26. The van der Waals surface area contributed by atoms with Gasteiger partial charge in [0.1, 0.15) is 6.04 Å². The fraction of sp³-hybridized carbons (Fsp3) is 0.267. The molecule has 7 heteroatoms. The Hall–Kier alpha value is -4.10. The molecule has 1 heterocycles. The van der Waals surface area contributed by atoms with Gasteiger partial charge in [0.05, 0.1) is 18.4 Å². The number of carbonyl (C=O) groups excluding carboxylic acids is 1. The lowest BCUT2D eigenvalue weighted by molar-refractivity contribution is -0.132. The predicted octanol–water partition coefficient (Wildman–Crippen LogP) is 5.50. The number of anilines is 1. The first-order valence-electron chi connectivity index (χ1n) is 12.5. The second-order valence-corrected chi connectivity index (χ2v) is 9.20. The quantitative estimate of drug-likeness (QED) is 0.230. The Kier molecular flexibility index (Phi) is 8.25. The van der Waals surface area contributed by atoms with Crippen molar-refractivity contribution < 1.29 is 14.3 Å². The van der Waals surface area contributed by atoms with Crippen molar-refractivity contribution in [2.24, 2.45) is 5.84 Å². The molecule has 0 bridgehead atoms. The zero-order valence-corrected chi connectivity index (χ0v) is 21.8. The zero-order valence-electron chi connectivity index (χ0n) is 21.8. The topological polar surface area (TPSA) is 80.9 Å². The van der Waals surface area contributed by atoms with Gasteiger partial charge in [0.15, 0.2) is 11.5 Å². The maximum absolute atomic E-state index is 14.0. The highest BCUT2D eigenvalue weighted by Crippen LogP contribution is 2.35. The Balaban J connectivity index is 1.75. The minimum atomic E-state index is -0.791. The van der Waals surface area contributed by atoms with Crippen LogP contribution in [0.1, 0.15) is 37.9 Å². The van der Waals surface area contributed by atoms with Crippen LogP contribution in [0.15, 0.2) is 85.2 Å². The van der Waals surface area contributed by atoms with Gasteiger partial charge in [-0.3, -0.25) is 14.8 Å². The molecule has 0 unspecified atom stereocenters. The van der Waals surface area contributed by atoms with Crippen LogP contribution in [0.4, 0.5) is 5.69 Å². The van der Waals surface area contributed by atoms with Crippen molar-refractivity contribution in [2.75, 3.05) is 18.7 Å². The summed E-state index contributed by atoms with van der Waals surface area (Å²) in [5.41, 5.74) is 2.46. The SMILES string of the molecule is CCOc1cc([C@H](C(=O)N(C)Cc2ccccc2)N(N)c2ccc3cnccc3c2)ccc1OC(C)C. The smallest absolute Gasteiger partial charge is 0.251 e. The Labute approximate surface area is 218 Å². The number of pyridine rings is 1. The molecule has 7 nitrogen and oxygen atoms in total. The number of aromatic nitrogens is 1. The molecule has 0 spiro atoms. The van der Waals surface area contributed by atoms with E-state index >= 15 is 0 Å². The molecule has 0 saturated heterocycles. The van der Waals surface area contributed by atoms with E-state index in [2.05, 4.69) is 4.98 Å². The van der Waals surface area contributed by atoms with Crippen molar-refractivity contribution in [3.63, 3.8) is 0 Å². The van der Waals surface area contributed by atoms with E-state index in [1.54, 1.807) is 24.3 Å². The van der Waals surface area contributed by atoms with Crippen LogP contribution in [-0.2, 0) is 11.3 Å². The summed E-state index contributed by atoms with van der Waals surface area (Å²) in [6.07, 6.45) is 3.53. The monoisotopic (exact) mass is 498 g/mol. The molecule has 0 saturated carbocycles. The summed E-state index contributed by atoms with van der Waals surface area (Å²) in [7, 11) is 1.79. The molecular formula is C30H34N4O3. The van der Waals surface area contributed by atoms with Gasteiger partial charge in [-0.15, -0.1) is 0 Å². The molecule has 1 aromatic heterocycles. The molecule has 0 fully saturated rings. The summed E-state index contributed by atoms with van der Waals surface area (Å²) in [5, 5.41) is 3.51. The van der Waals surface area contributed by atoms with Crippen molar-refractivity contribution in [1.29, 1.82) is 0 Å². The highest BCUT2D eigenvalue weighted by Gasteiger charge is 2.30. The zero-order chi connectivity index (χ0) is 26.4. The third-order valence-electron chi connectivity index (χ3n) is 6.02. The molecule has 4 aromatic rings. The number of hydrogen-bond acceptors (Lipinski definition) is 6. The van der Waals surface area contributed by atoms with Gasteiger partial charge in [0.2, 0.25) is 0 Å². The molecule has 2 N–H and O–H groups in total. The normalized spacial score (nSPS) is 11.8. The molecule has 0 aliphatic heterocycles. The lowest BCUT2D eigenvalue weighted by Gasteiger charge is -2.32. The molecule has 37 heavy (non-hydrogen) atoms. The number of benzene rings is 3. The molecule has 1 amide bonds. The summed E-state index contributed by atoms with van der Waals surface area (Å²) >= 11 is 0. The molecule has 3 aromatic carbocycles. The van der Waals surface area contributed by atoms with Gasteiger partial charge in [-0.2, -0.15) is 0 Å². The molecular weight excluding hydrogens is 464 g/mol. The van der Waals surface area contributed by atoms with Gasteiger partial charge in [0.25, 0.3) is 5.91 Å². The third kappa shape index (κ3) is 6.19. The van der Waals surface area contributed by atoms with Crippen LogP contribution < -0.4 is 20.3 Å². The van der Waals surface area contributed by atoms with Gasteiger partial charge < -0.3 is 14.4 Å². The minimum absolute atomic E-state index is 0.0161. The predicted molar refractivity (Wildman–Crippen MR) is 147 cm³/mol. The summed E-state index contributed by atoms with van der Waals surface area (Å²) < 4.78 is 11.8. The van der Waals surface area contributed by atoms with E-state index in [0.29, 0.717) is 35.9 Å². The van der Waals surface area contributed by atoms with Crippen molar-refractivity contribution in [3.8, 4) is 11.5 Å². The number of carbonyl (C=O) groups is 1. The lowest BCUT2D eigenvalue weighted by atomic mass is 10.0. The largest absolute Gasteiger partial charge is 0.490 e. The Bertz CT molecular complexity index is 1340. The summed E-state index contributed by atoms with van der Waals surface area (Å²) in [5.74, 6) is 7.81. The molecule has 4 rings (SSSR count). The van der Waals surface area contributed by atoms with E-state index in [0.717, 1.165) is 16.3 Å². The summed E-state index contributed by atoms with van der Waals surface area (Å²) in [6, 6.07) is 22.4. The van der Waals surface area contributed by atoms with E-state index in [-0.39, 0.29) is 12.0 Å².